The highest BCUT2D eigenvalue weighted by Crippen LogP contribution is 2.23. The second-order valence-corrected chi connectivity index (χ2v) is 7.95. The molecule has 1 aliphatic rings. The van der Waals surface area contributed by atoms with Crippen LogP contribution in [0.15, 0.2) is 42.5 Å². The van der Waals surface area contributed by atoms with E-state index in [0.29, 0.717) is 22.5 Å². The van der Waals surface area contributed by atoms with Crippen LogP contribution >= 0.6 is 0 Å². The van der Waals surface area contributed by atoms with E-state index in [9.17, 15) is 13.6 Å². The quantitative estimate of drug-likeness (QED) is 0.671. The van der Waals surface area contributed by atoms with Crippen LogP contribution in [-0.4, -0.2) is 34.8 Å². The first-order valence-electron chi connectivity index (χ1n) is 10.4. The normalized spacial score (nSPS) is 14.3. The van der Waals surface area contributed by atoms with Crippen molar-refractivity contribution < 1.29 is 13.6 Å². The summed E-state index contributed by atoms with van der Waals surface area (Å²) < 4.78 is 28.8. The molecule has 32 heavy (non-hydrogen) atoms. The monoisotopic (exact) mass is 435 g/mol. The Morgan fingerprint density at radius 3 is 2.44 bits per heavy atom. The van der Waals surface area contributed by atoms with Crippen LogP contribution < -0.4 is 10.2 Å². The zero-order valence-corrected chi connectivity index (χ0v) is 17.9. The van der Waals surface area contributed by atoms with Gasteiger partial charge in [-0.2, -0.15) is 10.4 Å². The number of aromatic nitrogens is 2. The van der Waals surface area contributed by atoms with Crippen LogP contribution in [0.5, 0.6) is 0 Å². The molecule has 0 saturated carbocycles. The molecule has 1 aliphatic heterocycles. The van der Waals surface area contributed by atoms with Crippen LogP contribution in [0.1, 0.15) is 40.2 Å². The van der Waals surface area contributed by atoms with Gasteiger partial charge in [-0.15, -0.1) is 0 Å². The van der Waals surface area contributed by atoms with Gasteiger partial charge in [-0.1, -0.05) is 0 Å². The molecule has 0 radical (unpaired) electrons. The van der Waals surface area contributed by atoms with Gasteiger partial charge in [-0.05, 0) is 63.1 Å². The van der Waals surface area contributed by atoms with Crippen LogP contribution in [-0.2, 0) is 0 Å². The number of halogens is 2. The fourth-order valence-electron chi connectivity index (χ4n) is 4.15. The molecule has 8 heteroatoms. The van der Waals surface area contributed by atoms with Gasteiger partial charge in [-0.25, -0.2) is 13.5 Å². The lowest BCUT2D eigenvalue weighted by Crippen LogP contribution is -2.45. The molecule has 1 saturated heterocycles. The van der Waals surface area contributed by atoms with Gasteiger partial charge in [0.05, 0.1) is 28.6 Å². The van der Waals surface area contributed by atoms with Crippen LogP contribution in [0, 0.1) is 36.8 Å². The molecular formula is C24H23F2N5O. The van der Waals surface area contributed by atoms with E-state index in [0.717, 1.165) is 43.8 Å². The maximum Gasteiger partial charge on any atom is 0.255 e. The summed E-state index contributed by atoms with van der Waals surface area (Å²) in [6, 6.07) is 12.9. The molecule has 0 bridgehead atoms. The molecule has 2 aromatic carbocycles. The van der Waals surface area contributed by atoms with Gasteiger partial charge in [0.1, 0.15) is 11.5 Å². The SMILES string of the molecule is Cc1nn(-c2ccc(F)cc2F)c(C)c1C(=O)NC1CCN(c2ccc(C#N)cc2)CC1. The smallest absolute Gasteiger partial charge is 0.255 e. The Labute approximate surface area is 185 Å². The van der Waals surface area contributed by atoms with E-state index < -0.39 is 11.6 Å². The van der Waals surface area contributed by atoms with E-state index in [4.69, 9.17) is 5.26 Å². The van der Waals surface area contributed by atoms with Crippen molar-refractivity contribution in [2.75, 3.05) is 18.0 Å². The van der Waals surface area contributed by atoms with Gasteiger partial charge < -0.3 is 10.2 Å². The van der Waals surface area contributed by atoms with Crippen molar-refractivity contribution in [1.82, 2.24) is 15.1 Å². The van der Waals surface area contributed by atoms with Crippen molar-refractivity contribution in [3.05, 3.63) is 76.6 Å². The molecule has 0 unspecified atom stereocenters. The van der Waals surface area contributed by atoms with Crippen molar-refractivity contribution in [2.45, 2.75) is 32.7 Å². The summed E-state index contributed by atoms with van der Waals surface area (Å²) >= 11 is 0. The summed E-state index contributed by atoms with van der Waals surface area (Å²) in [5.41, 5.74) is 3.18. The standard InChI is InChI=1S/C24H23F2N5O/c1-15-23(16(2)31(29-15)22-8-5-18(25)13-21(22)26)24(32)28-19-9-11-30(12-10-19)20-6-3-17(14-27)4-7-20/h3-8,13,19H,9-12H2,1-2H3,(H,28,32). The molecule has 4 rings (SSSR count). The summed E-state index contributed by atoms with van der Waals surface area (Å²) in [7, 11) is 0. The summed E-state index contributed by atoms with van der Waals surface area (Å²) in [6.07, 6.45) is 1.56. The first-order chi connectivity index (χ1) is 15.4. The van der Waals surface area contributed by atoms with Crippen LogP contribution in [0.3, 0.4) is 0 Å². The largest absolute Gasteiger partial charge is 0.371 e. The number of aryl methyl sites for hydroxylation is 1. The number of piperidine rings is 1. The van der Waals surface area contributed by atoms with E-state index in [-0.39, 0.29) is 17.6 Å². The summed E-state index contributed by atoms with van der Waals surface area (Å²) in [6.45, 7) is 4.97. The zero-order valence-electron chi connectivity index (χ0n) is 17.9. The van der Waals surface area contributed by atoms with Crippen LogP contribution in [0.25, 0.3) is 5.69 Å². The number of nitriles is 1. The Kier molecular flexibility index (Phi) is 5.91. The summed E-state index contributed by atoms with van der Waals surface area (Å²) in [4.78, 5) is 15.2. The van der Waals surface area contributed by atoms with Gasteiger partial charge in [0.15, 0.2) is 5.82 Å². The predicted octanol–water partition coefficient (Wildman–Crippen LogP) is 4.04. The summed E-state index contributed by atoms with van der Waals surface area (Å²) in [5.74, 6) is -1.65. The number of hydrogen-bond donors (Lipinski definition) is 1. The van der Waals surface area contributed by atoms with E-state index >= 15 is 0 Å². The van der Waals surface area contributed by atoms with E-state index in [1.54, 1.807) is 26.0 Å². The molecule has 6 nitrogen and oxygen atoms in total. The van der Waals surface area contributed by atoms with Crippen molar-refractivity contribution in [1.29, 1.82) is 5.26 Å². The number of anilines is 1. The van der Waals surface area contributed by atoms with Crippen molar-refractivity contribution in [2.24, 2.45) is 0 Å². The van der Waals surface area contributed by atoms with Crippen molar-refractivity contribution >= 4 is 11.6 Å². The average Bonchev–Trinajstić information content (AvgIpc) is 3.08. The molecular weight excluding hydrogens is 412 g/mol. The third-order valence-electron chi connectivity index (χ3n) is 5.85. The minimum atomic E-state index is -0.738. The maximum absolute atomic E-state index is 14.2. The zero-order chi connectivity index (χ0) is 22.8. The Hall–Kier alpha value is -3.73. The first kappa shape index (κ1) is 21.5. The Balaban J connectivity index is 1.43. The second-order valence-electron chi connectivity index (χ2n) is 7.95. The van der Waals surface area contributed by atoms with Gasteiger partial charge in [-0.3, -0.25) is 4.79 Å². The number of carbonyl (C=O) groups is 1. The minimum absolute atomic E-state index is 0.0156. The van der Waals surface area contributed by atoms with E-state index in [1.165, 1.54) is 10.7 Å². The topological polar surface area (TPSA) is 74.0 Å². The molecule has 1 fully saturated rings. The molecule has 1 N–H and O–H groups in total. The number of carbonyl (C=O) groups excluding carboxylic acids is 1. The number of amides is 1. The van der Waals surface area contributed by atoms with Gasteiger partial charge in [0.2, 0.25) is 0 Å². The first-order valence-corrected chi connectivity index (χ1v) is 10.4. The highest BCUT2D eigenvalue weighted by Gasteiger charge is 2.25. The van der Waals surface area contributed by atoms with E-state index in [2.05, 4.69) is 21.4 Å². The highest BCUT2D eigenvalue weighted by molar-refractivity contribution is 5.96. The predicted molar refractivity (Wildman–Crippen MR) is 117 cm³/mol. The molecule has 164 valence electrons. The van der Waals surface area contributed by atoms with Crippen molar-refractivity contribution in [3.8, 4) is 11.8 Å². The Bertz CT molecular complexity index is 1190. The third kappa shape index (κ3) is 4.19. The molecule has 1 aromatic heterocycles. The molecule has 0 atom stereocenters. The average molecular weight is 435 g/mol. The number of rotatable bonds is 4. The minimum Gasteiger partial charge on any atom is -0.371 e. The number of hydrogen-bond acceptors (Lipinski definition) is 4. The number of benzene rings is 2. The second kappa shape index (κ2) is 8.79. The number of nitrogens with zero attached hydrogens (tertiary/aromatic N) is 4. The fraction of sp³-hybridized carbons (Fsp3) is 0.292. The molecule has 1 amide bonds. The lowest BCUT2D eigenvalue weighted by Gasteiger charge is -2.34. The Morgan fingerprint density at radius 1 is 1.12 bits per heavy atom. The molecule has 3 aromatic rings. The maximum atomic E-state index is 14.2. The third-order valence-corrected chi connectivity index (χ3v) is 5.85. The number of nitrogens with one attached hydrogen (secondary N) is 1. The van der Waals surface area contributed by atoms with Gasteiger partial charge in [0.25, 0.3) is 5.91 Å². The fourth-order valence-corrected chi connectivity index (χ4v) is 4.15. The lowest BCUT2D eigenvalue weighted by molar-refractivity contribution is 0.0930. The highest BCUT2D eigenvalue weighted by atomic mass is 19.1. The summed E-state index contributed by atoms with van der Waals surface area (Å²) in [5, 5.41) is 16.3. The molecule has 0 aliphatic carbocycles. The lowest BCUT2D eigenvalue weighted by atomic mass is 10.0. The van der Waals surface area contributed by atoms with E-state index in [1.807, 2.05) is 12.1 Å². The Morgan fingerprint density at radius 2 is 1.81 bits per heavy atom. The molecule has 2 heterocycles. The van der Waals surface area contributed by atoms with Crippen LogP contribution in [0.2, 0.25) is 0 Å². The molecule has 0 spiro atoms. The van der Waals surface area contributed by atoms with Gasteiger partial charge in [0, 0.05) is 30.9 Å². The van der Waals surface area contributed by atoms with Crippen molar-refractivity contribution in [3.63, 3.8) is 0 Å². The van der Waals surface area contributed by atoms with Crippen LogP contribution in [0.4, 0.5) is 14.5 Å². The van der Waals surface area contributed by atoms with Gasteiger partial charge >= 0.3 is 0 Å².